The average Bonchev–Trinajstić information content (AvgIpc) is 2.77. The number of carbonyl (C=O) groups is 2. The molecule has 0 aliphatic carbocycles. The molecular formula is C15H19NO4. The minimum absolute atomic E-state index is 0.0230. The number of carboxylic acid groups (broad SMARTS) is 1. The zero-order valence-corrected chi connectivity index (χ0v) is 11.5. The van der Waals surface area contributed by atoms with Gasteiger partial charge >= 0.3 is 12.1 Å². The van der Waals surface area contributed by atoms with Crippen LogP contribution in [-0.2, 0) is 16.1 Å². The number of benzene rings is 1. The van der Waals surface area contributed by atoms with Crippen molar-refractivity contribution < 1.29 is 19.4 Å². The number of nitrogens with zero attached hydrogens (tertiary/aromatic N) is 1. The average molecular weight is 277 g/mol. The van der Waals surface area contributed by atoms with E-state index in [9.17, 15) is 9.59 Å². The van der Waals surface area contributed by atoms with E-state index in [4.69, 9.17) is 9.84 Å². The largest absolute Gasteiger partial charge is 0.481 e. The molecule has 0 bridgehead atoms. The van der Waals surface area contributed by atoms with Gasteiger partial charge in [-0.05, 0) is 25.3 Å². The van der Waals surface area contributed by atoms with Crippen molar-refractivity contribution in [1.82, 2.24) is 4.90 Å². The van der Waals surface area contributed by atoms with E-state index < -0.39 is 12.1 Å². The Balaban J connectivity index is 1.94. The summed E-state index contributed by atoms with van der Waals surface area (Å²) in [7, 11) is 0. The first-order chi connectivity index (χ1) is 9.58. The number of carboxylic acids is 1. The van der Waals surface area contributed by atoms with E-state index in [1.807, 2.05) is 37.3 Å². The number of aliphatic carboxylic acids is 1. The monoisotopic (exact) mass is 277 g/mol. The van der Waals surface area contributed by atoms with Crippen LogP contribution in [-0.4, -0.2) is 34.2 Å². The smallest absolute Gasteiger partial charge is 0.410 e. The lowest BCUT2D eigenvalue weighted by molar-refractivity contribution is -0.138. The normalized spacial score (nSPS) is 21.8. The summed E-state index contributed by atoms with van der Waals surface area (Å²) >= 11 is 0. The summed E-state index contributed by atoms with van der Waals surface area (Å²) in [6, 6.07) is 9.21. The number of carbonyl (C=O) groups excluding carboxylic acids is 1. The summed E-state index contributed by atoms with van der Waals surface area (Å²) in [5.74, 6) is -0.884. The number of likely N-dealkylation sites (tertiary alicyclic amines) is 1. The molecule has 108 valence electrons. The van der Waals surface area contributed by atoms with E-state index in [1.54, 1.807) is 4.90 Å². The van der Waals surface area contributed by atoms with Crippen LogP contribution in [0.15, 0.2) is 30.3 Å². The van der Waals surface area contributed by atoms with Crippen molar-refractivity contribution in [2.24, 2.45) is 0 Å². The van der Waals surface area contributed by atoms with Crippen LogP contribution in [0, 0.1) is 0 Å². The van der Waals surface area contributed by atoms with Crippen LogP contribution >= 0.6 is 0 Å². The van der Waals surface area contributed by atoms with Crippen molar-refractivity contribution >= 4 is 12.1 Å². The summed E-state index contributed by atoms with van der Waals surface area (Å²) in [6.07, 6.45) is 1.09. The van der Waals surface area contributed by atoms with Gasteiger partial charge in [0.25, 0.3) is 0 Å². The Kier molecular flexibility index (Phi) is 4.61. The molecule has 20 heavy (non-hydrogen) atoms. The van der Waals surface area contributed by atoms with Gasteiger partial charge in [0.05, 0.1) is 6.42 Å². The number of ether oxygens (including phenoxy) is 1. The number of rotatable bonds is 4. The van der Waals surface area contributed by atoms with Gasteiger partial charge in [0.2, 0.25) is 0 Å². The molecule has 5 heteroatoms. The van der Waals surface area contributed by atoms with Crippen LogP contribution in [0.4, 0.5) is 4.79 Å². The highest BCUT2D eigenvalue weighted by molar-refractivity contribution is 5.72. The molecule has 1 fully saturated rings. The third-order valence-electron chi connectivity index (χ3n) is 3.61. The zero-order valence-electron chi connectivity index (χ0n) is 11.5. The fraction of sp³-hybridized carbons (Fsp3) is 0.467. The lowest BCUT2D eigenvalue weighted by Crippen LogP contribution is -2.41. The van der Waals surface area contributed by atoms with Gasteiger partial charge in [0.1, 0.15) is 6.61 Å². The van der Waals surface area contributed by atoms with E-state index in [0.29, 0.717) is 6.42 Å². The van der Waals surface area contributed by atoms with Crippen molar-refractivity contribution in [3.63, 3.8) is 0 Å². The highest BCUT2D eigenvalue weighted by atomic mass is 16.6. The molecule has 0 saturated carbocycles. The van der Waals surface area contributed by atoms with Crippen LogP contribution in [0.25, 0.3) is 0 Å². The minimum atomic E-state index is -0.884. The quantitative estimate of drug-likeness (QED) is 0.918. The molecule has 0 aromatic heterocycles. The Bertz CT molecular complexity index is 474. The van der Waals surface area contributed by atoms with Gasteiger partial charge in [0.15, 0.2) is 0 Å². The SMILES string of the molecule is CC1CCC(CC(=O)O)N1C(=O)OCc1ccccc1. The lowest BCUT2D eigenvalue weighted by Gasteiger charge is -2.26. The predicted octanol–water partition coefficient (Wildman–Crippen LogP) is 2.65. The number of hydrogen-bond acceptors (Lipinski definition) is 3. The topological polar surface area (TPSA) is 66.8 Å². The molecule has 1 N–H and O–H groups in total. The van der Waals surface area contributed by atoms with Crippen LogP contribution < -0.4 is 0 Å². The first kappa shape index (κ1) is 14.4. The maximum Gasteiger partial charge on any atom is 0.410 e. The minimum Gasteiger partial charge on any atom is -0.481 e. The van der Waals surface area contributed by atoms with Crippen molar-refractivity contribution in [3.8, 4) is 0 Å². The molecule has 1 heterocycles. The van der Waals surface area contributed by atoms with Crippen molar-refractivity contribution in [2.75, 3.05) is 0 Å². The first-order valence-corrected chi connectivity index (χ1v) is 6.78. The van der Waals surface area contributed by atoms with E-state index >= 15 is 0 Å². The highest BCUT2D eigenvalue weighted by Crippen LogP contribution is 2.27. The van der Waals surface area contributed by atoms with Gasteiger partial charge < -0.3 is 14.7 Å². The molecule has 5 nitrogen and oxygen atoms in total. The number of hydrogen-bond donors (Lipinski definition) is 1. The Hall–Kier alpha value is -2.04. The summed E-state index contributed by atoms with van der Waals surface area (Å²) < 4.78 is 5.29. The zero-order chi connectivity index (χ0) is 14.5. The summed E-state index contributed by atoms with van der Waals surface area (Å²) in [6.45, 7) is 2.13. The van der Waals surface area contributed by atoms with Crippen LogP contribution in [0.3, 0.4) is 0 Å². The Labute approximate surface area is 118 Å². The maximum absolute atomic E-state index is 12.1. The fourth-order valence-corrected chi connectivity index (χ4v) is 2.60. The third kappa shape index (κ3) is 3.50. The van der Waals surface area contributed by atoms with Gasteiger partial charge in [-0.3, -0.25) is 4.79 Å². The molecule has 2 rings (SSSR count). The Morgan fingerprint density at radius 3 is 2.65 bits per heavy atom. The second kappa shape index (κ2) is 6.41. The summed E-state index contributed by atoms with van der Waals surface area (Å²) in [4.78, 5) is 24.5. The van der Waals surface area contributed by atoms with Crippen molar-refractivity contribution in [1.29, 1.82) is 0 Å². The van der Waals surface area contributed by atoms with Gasteiger partial charge in [0, 0.05) is 12.1 Å². The predicted molar refractivity (Wildman–Crippen MR) is 73.2 cm³/mol. The second-order valence-corrected chi connectivity index (χ2v) is 5.13. The third-order valence-corrected chi connectivity index (χ3v) is 3.61. The van der Waals surface area contributed by atoms with Crippen LogP contribution in [0.1, 0.15) is 31.7 Å². The molecule has 1 aromatic carbocycles. The molecule has 1 aliphatic heterocycles. The van der Waals surface area contributed by atoms with E-state index in [1.165, 1.54) is 0 Å². The second-order valence-electron chi connectivity index (χ2n) is 5.13. The summed E-state index contributed by atoms with van der Waals surface area (Å²) in [5.41, 5.74) is 0.919. The highest BCUT2D eigenvalue weighted by Gasteiger charge is 2.36. The molecule has 1 amide bonds. The van der Waals surface area contributed by atoms with E-state index in [-0.39, 0.29) is 25.1 Å². The lowest BCUT2D eigenvalue weighted by atomic mass is 10.1. The van der Waals surface area contributed by atoms with E-state index in [0.717, 1.165) is 12.0 Å². The van der Waals surface area contributed by atoms with E-state index in [2.05, 4.69) is 0 Å². The standard InChI is InChI=1S/C15H19NO4/c1-11-7-8-13(9-14(17)18)16(11)15(19)20-10-12-5-3-2-4-6-12/h2-6,11,13H,7-10H2,1H3,(H,17,18). The molecule has 2 unspecified atom stereocenters. The molecule has 0 radical (unpaired) electrons. The van der Waals surface area contributed by atoms with Gasteiger partial charge in [-0.25, -0.2) is 4.79 Å². The molecule has 0 spiro atoms. The van der Waals surface area contributed by atoms with Crippen molar-refractivity contribution in [2.45, 2.75) is 44.9 Å². The molecule has 2 atom stereocenters. The maximum atomic E-state index is 12.1. The summed E-state index contributed by atoms with van der Waals surface area (Å²) in [5, 5.41) is 8.89. The molecule has 1 saturated heterocycles. The van der Waals surface area contributed by atoms with Gasteiger partial charge in [-0.15, -0.1) is 0 Å². The first-order valence-electron chi connectivity index (χ1n) is 6.78. The fourth-order valence-electron chi connectivity index (χ4n) is 2.60. The molecule has 1 aromatic rings. The molecular weight excluding hydrogens is 258 g/mol. The molecule has 1 aliphatic rings. The van der Waals surface area contributed by atoms with Gasteiger partial charge in [-0.2, -0.15) is 0 Å². The number of amides is 1. The van der Waals surface area contributed by atoms with Gasteiger partial charge in [-0.1, -0.05) is 30.3 Å². The van der Waals surface area contributed by atoms with Crippen LogP contribution in [0.2, 0.25) is 0 Å². The Morgan fingerprint density at radius 2 is 2.00 bits per heavy atom. The van der Waals surface area contributed by atoms with Crippen LogP contribution in [0.5, 0.6) is 0 Å². The Morgan fingerprint density at radius 1 is 1.30 bits per heavy atom. The van der Waals surface area contributed by atoms with Crippen molar-refractivity contribution in [3.05, 3.63) is 35.9 Å².